The van der Waals surface area contributed by atoms with E-state index in [1.54, 1.807) is 6.92 Å². The zero-order chi connectivity index (χ0) is 15.9. The molecule has 0 aromatic heterocycles. The lowest BCUT2D eigenvalue weighted by Gasteiger charge is -2.43. The summed E-state index contributed by atoms with van der Waals surface area (Å²) in [6.07, 6.45) is 0.178. The number of carbonyl (C=O) groups is 2. The number of thioether (sulfide) groups is 2. The van der Waals surface area contributed by atoms with Gasteiger partial charge in [-0.15, -0.1) is 11.8 Å². The van der Waals surface area contributed by atoms with Crippen LogP contribution in [-0.4, -0.2) is 63.5 Å². The largest absolute Gasteiger partial charge is 0.477 e. The van der Waals surface area contributed by atoms with Crippen molar-refractivity contribution >= 4 is 35.4 Å². The molecule has 0 bridgehead atoms. The highest BCUT2D eigenvalue weighted by Crippen LogP contribution is 2.54. The molecular weight excluding hydrogens is 326 g/mol. The first-order valence-corrected chi connectivity index (χ1v) is 9.00. The van der Waals surface area contributed by atoms with Crippen molar-refractivity contribution in [2.75, 3.05) is 19.8 Å². The SMILES string of the molecule is CC(O)C1C(=O)N2C(C(=O)O)=C(SC3CCNCNC3)S[C@@H]12. The molecule has 3 rings (SSSR count). The van der Waals surface area contributed by atoms with E-state index in [1.165, 1.54) is 28.4 Å². The summed E-state index contributed by atoms with van der Waals surface area (Å²) in [4.78, 5) is 25.0. The maximum absolute atomic E-state index is 12.1. The van der Waals surface area contributed by atoms with Crippen molar-refractivity contribution in [1.29, 1.82) is 0 Å². The van der Waals surface area contributed by atoms with Gasteiger partial charge in [0.05, 0.1) is 16.3 Å². The number of carboxylic acid groups (broad SMARTS) is 1. The van der Waals surface area contributed by atoms with Gasteiger partial charge < -0.3 is 20.8 Å². The Bertz CT molecular complexity index is 517. The number of aliphatic hydroxyl groups is 1. The van der Waals surface area contributed by atoms with Gasteiger partial charge >= 0.3 is 5.97 Å². The summed E-state index contributed by atoms with van der Waals surface area (Å²) in [5.74, 6) is -1.87. The van der Waals surface area contributed by atoms with Crippen LogP contribution in [0.5, 0.6) is 0 Å². The normalized spacial score (nSPS) is 33.3. The van der Waals surface area contributed by atoms with E-state index < -0.39 is 18.0 Å². The second-order valence-electron chi connectivity index (χ2n) is 5.58. The van der Waals surface area contributed by atoms with Crippen LogP contribution in [0.2, 0.25) is 0 Å². The Morgan fingerprint density at radius 1 is 1.50 bits per heavy atom. The molecule has 122 valence electrons. The van der Waals surface area contributed by atoms with E-state index in [0.717, 1.165) is 26.2 Å². The van der Waals surface area contributed by atoms with Crippen LogP contribution in [0.4, 0.5) is 0 Å². The van der Waals surface area contributed by atoms with Crippen molar-refractivity contribution in [1.82, 2.24) is 15.5 Å². The number of carboxylic acids is 1. The molecule has 0 aromatic rings. The van der Waals surface area contributed by atoms with Gasteiger partial charge in [0.1, 0.15) is 5.37 Å². The quantitative estimate of drug-likeness (QED) is 0.520. The molecule has 7 nitrogen and oxygen atoms in total. The molecule has 22 heavy (non-hydrogen) atoms. The van der Waals surface area contributed by atoms with E-state index in [9.17, 15) is 19.8 Å². The molecule has 9 heteroatoms. The number of nitrogens with zero attached hydrogens (tertiary/aromatic N) is 1. The topological polar surface area (TPSA) is 102 Å². The maximum Gasteiger partial charge on any atom is 0.354 e. The Morgan fingerprint density at radius 3 is 2.95 bits per heavy atom. The van der Waals surface area contributed by atoms with Crippen LogP contribution in [0.3, 0.4) is 0 Å². The van der Waals surface area contributed by atoms with Crippen LogP contribution in [0.15, 0.2) is 9.93 Å². The molecule has 4 atom stereocenters. The Hall–Kier alpha value is -0.740. The Balaban J connectivity index is 1.77. The zero-order valence-electron chi connectivity index (χ0n) is 12.1. The molecule has 0 radical (unpaired) electrons. The third-order valence-electron chi connectivity index (χ3n) is 4.01. The number of hydrogen-bond acceptors (Lipinski definition) is 7. The van der Waals surface area contributed by atoms with Crippen LogP contribution in [-0.2, 0) is 9.59 Å². The van der Waals surface area contributed by atoms with Crippen molar-refractivity contribution in [3.63, 3.8) is 0 Å². The van der Waals surface area contributed by atoms with E-state index in [2.05, 4.69) is 10.6 Å². The van der Waals surface area contributed by atoms with Gasteiger partial charge in [-0.25, -0.2) is 4.79 Å². The average Bonchev–Trinajstić information content (AvgIpc) is 2.60. The van der Waals surface area contributed by atoms with Gasteiger partial charge in [-0.05, 0) is 19.9 Å². The summed E-state index contributed by atoms with van der Waals surface area (Å²) >= 11 is 2.92. The molecule has 0 aromatic carbocycles. The third-order valence-corrected chi connectivity index (χ3v) is 6.88. The lowest BCUT2D eigenvalue weighted by Crippen LogP contribution is -2.60. The van der Waals surface area contributed by atoms with Crippen LogP contribution in [0, 0.1) is 5.92 Å². The number of rotatable bonds is 4. The fraction of sp³-hybridized carbons (Fsp3) is 0.692. The van der Waals surface area contributed by atoms with E-state index in [0.29, 0.717) is 4.24 Å². The fourth-order valence-electron chi connectivity index (χ4n) is 2.86. The lowest BCUT2D eigenvalue weighted by atomic mass is 9.92. The van der Waals surface area contributed by atoms with Crippen molar-refractivity contribution in [3.8, 4) is 0 Å². The van der Waals surface area contributed by atoms with E-state index in [1.807, 2.05) is 0 Å². The number of aliphatic hydroxyl groups excluding tert-OH is 1. The predicted molar refractivity (Wildman–Crippen MR) is 84.9 cm³/mol. The minimum atomic E-state index is -1.07. The van der Waals surface area contributed by atoms with Crippen molar-refractivity contribution in [2.24, 2.45) is 5.92 Å². The zero-order valence-corrected chi connectivity index (χ0v) is 13.7. The van der Waals surface area contributed by atoms with Gasteiger partial charge in [-0.3, -0.25) is 9.69 Å². The number of amides is 1. The summed E-state index contributed by atoms with van der Waals surface area (Å²) in [5.41, 5.74) is 0.0825. The van der Waals surface area contributed by atoms with Crippen LogP contribution in [0.1, 0.15) is 13.3 Å². The molecule has 0 spiro atoms. The molecular formula is C13H19N3O4S2. The highest BCUT2D eigenvalue weighted by molar-refractivity contribution is 8.23. The van der Waals surface area contributed by atoms with Gasteiger partial charge in [0, 0.05) is 18.5 Å². The van der Waals surface area contributed by atoms with Crippen molar-refractivity contribution in [3.05, 3.63) is 9.93 Å². The molecule has 1 amide bonds. The molecule has 4 N–H and O–H groups in total. The maximum atomic E-state index is 12.1. The van der Waals surface area contributed by atoms with E-state index in [4.69, 9.17) is 0 Å². The third kappa shape index (κ3) is 2.76. The molecule has 3 heterocycles. The number of β-lactam (4-membered cyclic amide) rings is 1. The highest BCUT2D eigenvalue weighted by atomic mass is 32.2. The first kappa shape index (κ1) is 16.1. The van der Waals surface area contributed by atoms with Crippen LogP contribution in [0.25, 0.3) is 0 Å². The van der Waals surface area contributed by atoms with E-state index >= 15 is 0 Å². The number of nitrogens with one attached hydrogen (secondary N) is 2. The number of aliphatic carboxylic acids is 1. The molecule has 2 saturated heterocycles. The minimum absolute atomic E-state index is 0.0825. The summed E-state index contributed by atoms with van der Waals surface area (Å²) in [7, 11) is 0. The summed E-state index contributed by atoms with van der Waals surface area (Å²) in [5, 5.41) is 25.7. The first-order chi connectivity index (χ1) is 10.5. The fourth-order valence-corrected chi connectivity index (χ4v) is 6.14. The van der Waals surface area contributed by atoms with Gasteiger partial charge in [0.15, 0.2) is 5.70 Å². The van der Waals surface area contributed by atoms with Gasteiger partial charge in [0.25, 0.3) is 0 Å². The van der Waals surface area contributed by atoms with Crippen molar-refractivity contribution < 1.29 is 19.8 Å². The molecule has 3 aliphatic heterocycles. The highest BCUT2D eigenvalue weighted by Gasteiger charge is 2.57. The van der Waals surface area contributed by atoms with Gasteiger partial charge in [-0.1, -0.05) is 11.8 Å². The van der Waals surface area contributed by atoms with Crippen LogP contribution < -0.4 is 10.6 Å². The Kier molecular flexibility index (Phi) is 4.69. The first-order valence-electron chi connectivity index (χ1n) is 7.24. The Labute approximate surface area is 136 Å². The van der Waals surface area contributed by atoms with E-state index in [-0.39, 0.29) is 22.2 Å². The summed E-state index contributed by atoms with van der Waals surface area (Å²) in [6.45, 7) is 4.01. The summed E-state index contributed by atoms with van der Waals surface area (Å²) in [6, 6.07) is 0. The average molecular weight is 345 g/mol. The lowest BCUT2D eigenvalue weighted by molar-refractivity contribution is -0.156. The van der Waals surface area contributed by atoms with Gasteiger partial charge in [0.2, 0.25) is 5.91 Å². The standard InChI is InChI=1S/C13H19N3O4S2/c1-6(17)8-10(18)16-9(12(19)20)13(22-11(8)16)21-7-2-3-14-5-15-4-7/h6-8,11,14-15,17H,2-5H2,1H3,(H,19,20)/t6?,7?,8?,11-/m0/s1. The Morgan fingerprint density at radius 2 is 2.27 bits per heavy atom. The molecule has 3 unspecified atom stereocenters. The second-order valence-corrected chi connectivity index (χ2v) is 8.28. The smallest absolute Gasteiger partial charge is 0.354 e. The summed E-state index contributed by atoms with van der Waals surface area (Å²) < 4.78 is 0.683. The monoisotopic (exact) mass is 345 g/mol. The number of carbonyl (C=O) groups excluding carboxylic acids is 1. The van der Waals surface area contributed by atoms with Gasteiger partial charge in [-0.2, -0.15) is 0 Å². The number of hydrogen-bond donors (Lipinski definition) is 4. The van der Waals surface area contributed by atoms with Crippen molar-refractivity contribution in [2.45, 2.75) is 30.1 Å². The van der Waals surface area contributed by atoms with Crippen LogP contribution >= 0.6 is 23.5 Å². The molecule has 0 saturated carbocycles. The number of fused-ring (bicyclic) bond motifs is 1. The molecule has 3 aliphatic rings. The molecule has 0 aliphatic carbocycles. The minimum Gasteiger partial charge on any atom is -0.477 e. The predicted octanol–water partition coefficient (Wildman–Crippen LogP) is -0.206. The second kappa shape index (κ2) is 6.40. The molecule has 2 fully saturated rings.